The van der Waals surface area contributed by atoms with E-state index < -0.39 is 6.04 Å². The second-order valence-electron chi connectivity index (χ2n) is 7.15. The number of carbonyl (C=O) groups excluding carboxylic acids is 1. The summed E-state index contributed by atoms with van der Waals surface area (Å²) in [6, 6.07) is 20.8. The SMILES string of the molecule is O=C1c2oc3ccccc3c(=O)c2[C@@H](c2ccc(Cl)cc2)N1Cc1ccccc1Cl. The molecule has 0 fully saturated rings. The minimum absolute atomic E-state index is 0.0747. The van der Waals surface area contributed by atoms with E-state index in [9.17, 15) is 9.59 Å². The molecular weight excluding hydrogens is 421 g/mol. The van der Waals surface area contributed by atoms with E-state index in [1.807, 2.05) is 30.3 Å². The summed E-state index contributed by atoms with van der Waals surface area (Å²) in [6.07, 6.45) is 0. The van der Waals surface area contributed by atoms with Crippen molar-refractivity contribution < 1.29 is 9.21 Å². The Morgan fingerprint density at radius 1 is 0.867 bits per heavy atom. The predicted octanol–water partition coefficient (Wildman–Crippen LogP) is 5.85. The molecule has 1 aromatic heterocycles. The predicted molar refractivity (Wildman–Crippen MR) is 117 cm³/mol. The Hall–Kier alpha value is -3.08. The summed E-state index contributed by atoms with van der Waals surface area (Å²) in [4.78, 5) is 28.4. The maximum atomic E-state index is 13.4. The second kappa shape index (κ2) is 7.31. The van der Waals surface area contributed by atoms with Gasteiger partial charge in [-0.2, -0.15) is 0 Å². The molecule has 1 aliphatic rings. The van der Waals surface area contributed by atoms with Crippen LogP contribution in [-0.4, -0.2) is 10.8 Å². The fourth-order valence-electron chi connectivity index (χ4n) is 3.93. The highest BCUT2D eigenvalue weighted by molar-refractivity contribution is 6.31. The minimum atomic E-state index is -0.595. The van der Waals surface area contributed by atoms with Gasteiger partial charge >= 0.3 is 0 Å². The normalized spacial score (nSPS) is 15.6. The highest BCUT2D eigenvalue weighted by atomic mass is 35.5. The Balaban J connectivity index is 1.73. The summed E-state index contributed by atoms with van der Waals surface area (Å²) in [5, 5.41) is 1.58. The number of benzene rings is 3. The third kappa shape index (κ3) is 3.00. The van der Waals surface area contributed by atoms with Crippen molar-refractivity contribution in [3.63, 3.8) is 0 Å². The van der Waals surface area contributed by atoms with Crippen LogP contribution >= 0.6 is 23.2 Å². The first-order chi connectivity index (χ1) is 14.5. The molecule has 0 saturated carbocycles. The zero-order valence-corrected chi connectivity index (χ0v) is 17.2. The van der Waals surface area contributed by atoms with Crippen LogP contribution in [0.1, 0.15) is 33.3 Å². The van der Waals surface area contributed by atoms with Crippen molar-refractivity contribution in [1.82, 2.24) is 4.90 Å². The van der Waals surface area contributed by atoms with Gasteiger partial charge in [0.25, 0.3) is 5.91 Å². The van der Waals surface area contributed by atoms with Gasteiger partial charge in [0.1, 0.15) is 5.58 Å². The lowest BCUT2D eigenvalue weighted by Crippen LogP contribution is -2.29. The molecule has 0 unspecified atom stereocenters. The van der Waals surface area contributed by atoms with Crippen molar-refractivity contribution >= 4 is 40.1 Å². The van der Waals surface area contributed by atoms with Crippen LogP contribution in [0.15, 0.2) is 82.0 Å². The summed E-state index contributed by atoms with van der Waals surface area (Å²) in [6.45, 7) is 0.242. The Morgan fingerprint density at radius 2 is 1.57 bits per heavy atom. The molecule has 0 spiro atoms. The zero-order chi connectivity index (χ0) is 20.8. The number of hydrogen-bond acceptors (Lipinski definition) is 3. The zero-order valence-electron chi connectivity index (χ0n) is 15.6. The number of rotatable bonds is 3. The topological polar surface area (TPSA) is 50.5 Å². The molecule has 30 heavy (non-hydrogen) atoms. The first-order valence-corrected chi connectivity index (χ1v) is 10.2. The number of halogens is 2. The average Bonchev–Trinajstić information content (AvgIpc) is 3.03. The number of amides is 1. The number of hydrogen-bond donors (Lipinski definition) is 0. The van der Waals surface area contributed by atoms with Crippen LogP contribution in [-0.2, 0) is 6.54 Å². The molecule has 0 aliphatic carbocycles. The smallest absolute Gasteiger partial charge is 0.291 e. The molecule has 3 aromatic carbocycles. The van der Waals surface area contributed by atoms with Gasteiger partial charge in [0.15, 0.2) is 5.43 Å². The van der Waals surface area contributed by atoms with E-state index in [2.05, 4.69) is 0 Å². The number of para-hydroxylation sites is 1. The molecule has 1 amide bonds. The summed E-state index contributed by atoms with van der Waals surface area (Å²) < 4.78 is 5.92. The lowest BCUT2D eigenvalue weighted by molar-refractivity contribution is 0.0714. The Bertz CT molecular complexity index is 1340. The van der Waals surface area contributed by atoms with Gasteiger partial charge < -0.3 is 9.32 Å². The number of nitrogens with zero attached hydrogens (tertiary/aromatic N) is 1. The van der Waals surface area contributed by atoms with E-state index in [0.29, 0.717) is 26.6 Å². The van der Waals surface area contributed by atoms with Gasteiger partial charge in [0, 0.05) is 16.6 Å². The van der Waals surface area contributed by atoms with Crippen LogP contribution in [0.4, 0.5) is 0 Å². The van der Waals surface area contributed by atoms with Gasteiger partial charge in [0.2, 0.25) is 5.76 Å². The molecule has 4 nitrogen and oxygen atoms in total. The van der Waals surface area contributed by atoms with Crippen molar-refractivity contribution in [3.05, 3.63) is 116 Å². The number of fused-ring (bicyclic) bond motifs is 2. The molecule has 1 atom stereocenters. The number of carbonyl (C=O) groups is 1. The average molecular weight is 436 g/mol. The van der Waals surface area contributed by atoms with Crippen LogP contribution in [0.5, 0.6) is 0 Å². The quantitative estimate of drug-likeness (QED) is 0.405. The van der Waals surface area contributed by atoms with Crippen molar-refractivity contribution in [1.29, 1.82) is 0 Å². The maximum absolute atomic E-state index is 13.4. The molecule has 148 valence electrons. The first kappa shape index (κ1) is 18.9. The lowest BCUT2D eigenvalue weighted by atomic mass is 9.98. The molecule has 2 heterocycles. The van der Waals surface area contributed by atoms with E-state index >= 15 is 0 Å². The van der Waals surface area contributed by atoms with Crippen molar-refractivity contribution in [2.75, 3.05) is 0 Å². The van der Waals surface area contributed by atoms with Gasteiger partial charge in [-0.1, -0.05) is 65.7 Å². The van der Waals surface area contributed by atoms with E-state index in [0.717, 1.165) is 11.1 Å². The summed E-state index contributed by atoms with van der Waals surface area (Å²) in [5.41, 5.74) is 2.09. The fourth-order valence-corrected chi connectivity index (χ4v) is 4.25. The van der Waals surface area contributed by atoms with Crippen LogP contribution in [0.2, 0.25) is 10.0 Å². The van der Waals surface area contributed by atoms with E-state index in [1.54, 1.807) is 47.4 Å². The molecule has 0 radical (unpaired) electrons. The van der Waals surface area contributed by atoms with Crippen LogP contribution in [0.25, 0.3) is 11.0 Å². The Morgan fingerprint density at radius 3 is 2.33 bits per heavy atom. The van der Waals surface area contributed by atoms with Gasteiger partial charge in [-0.05, 0) is 41.5 Å². The maximum Gasteiger partial charge on any atom is 0.291 e. The molecule has 5 rings (SSSR count). The van der Waals surface area contributed by atoms with E-state index in [-0.39, 0.29) is 23.6 Å². The van der Waals surface area contributed by atoms with E-state index in [4.69, 9.17) is 27.6 Å². The molecule has 0 N–H and O–H groups in total. The van der Waals surface area contributed by atoms with Crippen molar-refractivity contribution in [3.8, 4) is 0 Å². The second-order valence-corrected chi connectivity index (χ2v) is 7.99. The minimum Gasteiger partial charge on any atom is -0.450 e. The third-order valence-corrected chi connectivity index (χ3v) is 5.98. The van der Waals surface area contributed by atoms with Crippen LogP contribution in [0, 0.1) is 0 Å². The van der Waals surface area contributed by atoms with Crippen molar-refractivity contribution in [2.24, 2.45) is 0 Å². The fraction of sp³-hybridized carbons (Fsp3) is 0.0833. The Labute approximate surface area is 182 Å². The first-order valence-electron chi connectivity index (χ1n) is 9.40. The van der Waals surface area contributed by atoms with Gasteiger partial charge in [-0.25, -0.2) is 0 Å². The van der Waals surface area contributed by atoms with E-state index in [1.165, 1.54) is 0 Å². The van der Waals surface area contributed by atoms with Crippen LogP contribution < -0.4 is 5.43 Å². The Kier molecular flexibility index (Phi) is 4.61. The summed E-state index contributed by atoms with van der Waals surface area (Å²) in [5.74, 6) is -0.265. The van der Waals surface area contributed by atoms with Gasteiger partial charge in [0.05, 0.1) is 17.0 Å². The molecule has 1 aliphatic heterocycles. The van der Waals surface area contributed by atoms with Gasteiger partial charge in [-0.15, -0.1) is 0 Å². The molecule has 0 saturated heterocycles. The lowest BCUT2D eigenvalue weighted by Gasteiger charge is -2.25. The largest absolute Gasteiger partial charge is 0.450 e. The van der Waals surface area contributed by atoms with Gasteiger partial charge in [-0.3, -0.25) is 9.59 Å². The highest BCUT2D eigenvalue weighted by Gasteiger charge is 2.42. The monoisotopic (exact) mass is 435 g/mol. The molecular formula is C24H15Cl2NO3. The molecule has 6 heteroatoms. The highest BCUT2D eigenvalue weighted by Crippen LogP contribution is 2.39. The van der Waals surface area contributed by atoms with Crippen LogP contribution in [0.3, 0.4) is 0 Å². The summed E-state index contributed by atoms with van der Waals surface area (Å²) >= 11 is 12.4. The standard InChI is InChI=1S/C24H15Cl2NO3/c25-16-11-9-14(10-12-16)21-20-22(28)17-6-2-4-8-19(17)30-23(20)24(29)27(21)13-15-5-1-3-7-18(15)26/h1-12,21H,13H2/t21-/m1/s1. The molecule has 4 aromatic rings. The summed E-state index contributed by atoms with van der Waals surface area (Å²) in [7, 11) is 0. The third-order valence-electron chi connectivity index (χ3n) is 5.36. The van der Waals surface area contributed by atoms with Crippen molar-refractivity contribution in [2.45, 2.75) is 12.6 Å². The molecule has 0 bridgehead atoms.